The Hall–Kier alpha value is -3.80. The van der Waals surface area contributed by atoms with Crippen molar-refractivity contribution in [3.63, 3.8) is 0 Å². The van der Waals surface area contributed by atoms with Gasteiger partial charge in [-0.1, -0.05) is 41.6 Å². The van der Waals surface area contributed by atoms with Gasteiger partial charge >= 0.3 is 0 Å². The van der Waals surface area contributed by atoms with Crippen LogP contribution in [0.4, 0.5) is 23.0 Å². The summed E-state index contributed by atoms with van der Waals surface area (Å²) < 4.78 is 0. The van der Waals surface area contributed by atoms with Crippen LogP contribution < -0.4 is 26.6 Å². The number of para-hydroxylation sites is 1. The minimum atomic E-state index is -0.717. The van der Waals surface area contributed by atoms with Gasteiger partial charge in [0.05, 0.1) is 17.8 Å². The first kappa shape index (κ1) is 26.8. The predicted molar refractivity (Wildman–Crippen MR) is 153 cm³/mol. The third-order valence-corrected chi connectivity index (χ3v) is 8.24. The number of nitrogens with zero attached hydrogens (tertiary/aromatic N) is 4. The topological polar surface area (TPSA) is 151 Å². The molecular formula is C27H28ClN7O3S. The number of hydrogen-bond donors (Lipinski definition) is 4. The summed E-state index contributed by atoms with van der Waals surface area (Å²) in [6.45, 7) is 3.56. The van der Waals surface area contributed by atoms with E-state index in [-0.39, 0.29) is 29.2 Å². The highest BCUT2D eigenvalue weighted by Gasteiger charge is 2.36. The van der Waals surface area contributed by atoms with E-state index in [9.17, 15) is 14.7 Å². The number of anilines is 4. The maximum Gasteiger partial charge on any atom is 0.267 e. The smallest absolute Gasteiger partial charge is 0.267 e. The van der Waals surface area contributed by atoms with Crippen LogP contribution in [-0.4, -0.2) is 52.1 Å². The normalized spacial score (nSPS) is 17.1. The summed E-state index contributed by atoms with van der Waals surface area (Å²) >= 11 is 7.75. The zero-order valence-corrected chi connectivity index (χ0v) is 22.8. The Morgan fingerprint density at radius 2 is 1.90 bits per heavy atom. The molecule has 3 heterocycles. The Bertz CT molecular complexity index is 1450. The van der Waals surface area contributed by atoms with Gasteiger partial charge in [0, 0.05) is 34.9 Å². The highest BCUT2D eigenvalue weighted by atomic mass is 35.5. The number of benzene rings is 2. The molecule has 0 atom stereocenters. The molecule has 2 aliphatic rings. The summed E-state index contributed by atoms with van der Waals surface area (Å²) in [5.41, 5.74) is 12.9. The summed E-state index contributed by atoms with van der Waals surface area (Å²) in [6.07, 6.45) is 3.41. The maximum absolute atomic E-state index is 12.9. The molecule has 2 amide bonds. The third-order valence-electron chi connectivity index (χ3n) is 6.73. The molecule has 0 radical (unpaired) electrons. The van der Waals surface area contributed by atoms with Crippen LogP contribution in [0.15, 0.2) is 76.0 Å². The van der Waals surface area contributed by atoms with Gasteiger partial charge in [0.2, 0.25) is 0 Å². The van der Waals surface area contributed by atoms with Crippen molar-refractivity contribution in [1.82, 2.24) is 9.97 Å². The molecule has 0 spiro atoms. The van der Waals surface area contributed by atoms with Crippen LogP contribution in [0.25, 0.3) is 0 Å². The molecule has 202 valence electrons. The molecular weight excluding hydrogens is 538 g/mol. The molecule has 5 rings (SSSR count). The first-order valence-corrected chi connectivity index (χ1v) is 13.5. The van der Waals surface area contributed by atoms with Gasteiger partial charge in [-0.05, 0) is 50.1 Å². The Kier molecular flexibility index (Phi) is 7.39. The lowest BCUT2D eigenvalue weighted by Crippen LogP contribution is -2.48. The molecule has 39 heavy (non-hydrogen) atoms. The van der Waals surface area contributed by atoms with E-state index >= 15 is 0 Å². The summed E-state index contributed by atoms with van der Waals surface area (Å²) in [5.74, 6) is -0.587. The van der Waals surface area contributed by atoms with Gasteiger partial charge in [-0.25, -0.2) is 9.97 Å². The van der Waals surface area contributed by atoms with Crippen LogP contribution >= 0.6 is 23.4 Å². The van der Waals surface area contributed by atoms with Crippen LogP contribution in [0.5, 0.6) is 0 Å². The van der Waals surface area contributed by atoms with E-state index in [1.54, 1.807) is 48.7 Å². The Balaban J connectivity index is 1.24. The monoisotopic (exact) mass is 565 g/mol. The number of piperidine rings is 1. The predicted octanol–water partition coefficient (Wildman–Crippen LogP) is 3.98. The van der Waals surface area contributed by atoms with Crippen LogP contribution in [0, 0.1) is 0 Å². The molecule has 6 N–H and O–H groups in total. The van der Waals surface area contributed by atoms with Gasteiger partial charge in [-0.2, -0.15) is 0 Å². The zero-order valence-electron chi connectivity index (χ0n) is 21.2. The summed E-state index contributed by atoms with van der Waals surface area (Å²) in [4.78, 5) is 38.9. The summed E-state index contributed by atoms with van der Waals surface area (Å²) in [5, 5.41) is 13.8. The van der Waals surface area contributed by atoms with Crippen LogP contribution in [0.3, 0.4) is 0 Å². The molecule has 0 aliphatic carbocycles. The summed E-state index contributed by atoms with van der Waals surface area (Å²) in [6, 6.07) is 13.8. The number of carbonyl (C=O) groups excluding carboxylic acids is 2. The number of nitrogen functional groups attached to an aromatic ring is 1. The standard InChI is InChI=1S/C27H28ClN7O3S/c1-27(30)9-11-34(12-10-27)21-14-31-25(23(29)33-21)39-20-8-7-16(13-18(20)28)32-24(37)22-19(36)15-35(26(22)38)17-5-3-2-4-6-17/h2-8,13-14,36H,9-12,15,30H2,1H3,(H2,29,33)(H,32,37). The highest BCUT2D eigenvalue weighted by molar-refractivity contribution is 7.99. The fourth-order valence-corrected chi connectivity index (χ4v) is 5.48. The largest absolute Gasteiger partial charge is 0.509 e. The van der Waals surface area contributed by atoms with Crippen molar-refractivity contribution in [3.05, 3.63) is 71.1 Å². The molecule has 0 bridgehead atoms. The Morgan fingerprint density at radius 3 is 2.56 bits per heavy atom. The van der Waals surface area contributed by atoms with Gasteiger partial charge in [0.25, 0.3) is 11.8 Å². The molecule has 1 aromatic heterocycles. The highest BCUT2D eigenvalue weighted by Crippen LogP contribution is 2.37. The van der Waals surface area contributed by atoms with E-state index in [1.165, 1.54) is 16.7 Å². The van der Waals surface area contributed by atoms with Gasteiger partial charge < -0.3 is 31.7 Å². The summed E-state index contributed by atoms with van der Waals surface area (Å²) in [7, 11) is 0. The minimum Gasteiger partial charge on any atom is -0.509 e. The van der Waals surface area contributed by atoms with Crippen molar-refractivity contribution in [2.45, 2.75) is 35.2 Å². The number of aromatic nitrogens is 2. The number of carbonyl (C=O) groups is 2. The first-order chi connectivity index (χ1) is 18.6. The number of hydrogen-bond acceptors (Lipinski definition) is 9. The van der Waals surface area contributed by atoms with Gasteiger partial charge in [-0.3, -0.25) is 9.59 Å². The SMILES string of the molecule is CC1(N)CCN(c2cnc(Sc3ccc(NC(=O)C4=C(O)CN(c5ccccc5)C4=O)cc3Cl)c(N)n2)CC1. The number of nitrogens with one attached hydrogen (secondary N) is 1. The lowest BCUT2D eigenvalue weighted by molar-refractivity contribution is -0.119. The number of rotatable bonds is 6. The fraction of sp³-hybridized carbons (Fsp3) is 0.259. The van der Waals surface area contributed by atoms with Crippen molar-refractivity contribution in [2.75, 3.05) is 40.5 Å². The Morgan fingerprint density at radius 1 is 1.18 bits per heavy atom. The fourth-order valence-electron chi connectivity index (χ4n) is 4.42. The second-order valence-electron chi connectivity index (χ2n) is 9.81. The van der Waals surface area contributed by atoms with Crippen LogP contribution in [0.2, 0.25) is 5.02 Å². The minimum absolute atomic E-state index is 0.0760. The average molecular weight is 566 g/mol. The van der Waals surface area contributed by atoms with Gasteiger partial charge in [-0.15, -0.1) is 0 Å². The molecule has 2 aromatic carbocycles. The second-order valence-corrected chi connectivity index (χ2v) is 11.2. The van der Waals surface area contributed by atoms with Crippen LogP contribution in [-0.2, 0) is 9.59 Å². The van der Waals surface area contributed by atoms with E-state index in [1.807, 2.05) is 6.07 Å². The molecule has 0 saturated carbocycles. The lowest BCUT2D eigenvalue weighted by atomic mass is 9.91. The number of amides is 2. The number of aliphatic hydroxyl groups excluding tert-OH is 1. The van der Waals surface area contributed by atoms with E-state index in [2.05, 4.69) is 27.1 Å². The van der Waals surface area contributed by atoms with E-state index < -0.39 is 11.8 Å². The Labute approximate surface area is 235 Å². The molecule has 1 fully saturated rings. The van der Waals surface area contributed by atoms with Gasteiger partial charge in [0.15, 0.2) is 5.82 Å². The molecule has 3 aromatic rings. The number of halogens is 1. The zero-order chi connectivity index (χ0) is 27.7. The van der Waals surface area contributed by atoms with Gasteiger partial charge in [0.1, 0.15) is 22.2 Å². The van der Waals surface area contributed by atoms with E-state index in [4.69, 9.17) is 23.1 Å². The van der Waals surface area contributed by atoms with E-state index in [0.717, 1.165) is 25.9 Å². The quantitative estimate of drug-likeness (QED) is 0.325. The molecule has 2 aliphatic heterocycles. The molecule has 1 saturated heterocycles. The van der Waals surface area contributed by atoms with Crippen molar-refractivity contribution < 1.29 is 14.7 Å². The molecule has 10 nitrogen and oxygen atoms in total. The lowest BCUT2D eigenvalue weighted by Gasteiger charge is -2.37. The van der Waals surface area contributed by atoms with Crippen LogP contribution in [0.1, 0.15) is 19.8 Å². The van der Waals surface area contributed by atoms with Crippen molar-refractivity contribution in [1.29, 1.82) is 0 Å². The average Bonchev–Trinajstić information content (AvgIpc) is 3.21. The molecule has 0 unspecified atom stereocenters. The maximum atomic E-state index is 12.9. The number of aliphatic hydroxyl groups is 1. The van der Waals surface area contributed by atoms with Crippen molar-refractivity contribution in [2.24, 2.45) is 5.73 Å². The third kappa shape index (κ3) is 5.80. The van der Waals surface area contributed by atoms with Crippen molar-refractivity contribution in [3.8, 4) is 0 Å². The van der Waals surface area contributed by atoms with E-state index in [0.29, 0.717) is 32.1 Å². The number of nitrogens with two attached hydrogens (primary N) is 2. The first-order valence-electron chi connectivity index (χ1n) is 12.4. The molecule has 12 heteroatoms. The second kappa shape index (κ2) is 10.8. The van der Waals surface area contributed by atoms with Crippen molar-refractivity contribution >= 4 is 58.2 Å².